The molecule has 0 saturated carbocycles. The van der Waals surface area contributed by atoms with Crippen LogP contribution in [0.3, 0.4) is 0 Å². The lowest BCUT2D eigenvalue weighted by Crippen LogP contribution is -2.37. The summed E-state index contributed by atoms with van der Waals surface area (Å²) in [7, 11) is -7.35. The zero-order valence-electron chi connectivity index (χ0n) is 15.7. The summed E-state index contributed by atoms with van der Waals surface area (Å²) in [5, 5.41) is 10.7. The molecular weight excluding hydrogens is 418 g/mol. The lowest BCUT2D eigenvalue weighted by Gasteiger charge is -2.30. The molecule has 1 N–H and O–H groups in total. The fraction of sp³-hybridized carbons (Fsp3) is 0.333. The molecule has 0 atom stereocenters. The molecule has 1 aliphatic rings. The minimum Gasteiger partial charge on any atom is -0.280 e. The van der Waals surface area contributed by atoms with Gasteiger partial charge in [-0.2, -0.15) is 0 Å². The van der Waals surface area contributed by atoms with E-state index in [4.69, 9.17) is 0 Å². The van der Waals surface area contributed by atoms with Crippen molar-refractivity contribution in [3.05, 3.63) is 58.1 Å². The largest absolute Gasteiger partial charge is 0.280 e. The Balaban J connectivity index is 1.87. The van der Waals surface area contributed by atoms with Crippen LogP contribution in [0.4, 0.5) is 17.1 Å². The summed E-state index contributed by atoms with van der Waals surface area (Å²) in [5.41, 5.74) is 1.42. The third-order valence-corrected chi connectivity index (χ3v) is 7.94. The molecule has 0 saturated heterocycles. The number of aryl methyl sites for hydroxylation is 1. The Morgan fingerprint density at radius 1 is 1.10 bits per heavy atom. The predicted molar refractivity (Wildman–Crippen MR) is 110 cm³/mol. The minimum atomic E-state index is -3.94. The summed E-state index contributed by atoms with van der Waals surface area (Å²) in [4.78, 5) is 10.0. The van der Waals surface area contributed by atoms with E-state index >= 15 is 0 Å². The van der Waals surface area contributed by atoms with Gasteiger partial charge in [-0.15, -0.1) is 0 Å². The van der Waals surface area contributed by atoms with E-state index in [0.717, 1.165) is 29.8 Å². The molecule has 3 rings (SSSR count). The smallest absolute Gasteiger partial charge is 0.269 e. The number of hydrogen-bond acceptors (Lipinski definition) is 6. The van der Waals surface area contributed by atoms with Crippen LogP contribution in [0.15, 0.2) is 47.4 Å². The summed E-state index contributed by atoms with van der Waals surface area (Å²) in [5.74, 6) is 0.0565. The number of hydrogen-bond donors (Lipinski definition) is 1. The standard InChI is InChI=1S/C18H21N3O6S2/c1-2-12-28(24,25)20-11-3-4-14-13-15(5-10-18(14)20)19-29(26,27)17-8-6-16(7-9-17)21(22)23/h5-10,13,19H,2-4,11-12H2,1H3. The van der Waals surface area contributed by atoms with Gasteiger partial charge in [-0.25, -0.2) is 16.8 Å². The number of nitro benzene ring substituents is 1. The third-order valence-electron chi connectivity index (χ3n) is 4.56. The molecule has 156 valence electrons. The number of nitro groups is 1. The molecule has 0 bridgehead atoms. The number of nitrogens with one attached hydrogen (secondary N) is 1. The van der Waals surface area contributed by atoms with Crippen LogP contribution in [0.5, 0.6) is 0 Å². The van der Waals surface area contributed by atoms with Crippen LogP contribution in [0, 0.1) is 10.1 Å². The summed E-state index contributed by atoms with van der Waals surface area (Å²) >= 11 is 0. The Bertz CT molecular complexity index is 1130. The zero-order chi connectivity index (χ0) is 21.2. The van der Waals surface area contributed by atoms with Crippen LogP contribution < -0.4 is 9.03 Å². The van der Waals surface area contributed by atoms with Crippen molar-refractivity contribution in [2.24, 2.45) is 0 Å². The number of nitrogens with zero attached hydrogens (tertiary/aromatic N) is 2. The molecule has 2 aromatic rings. The van der Waals surface area contributed by atoms with Crippen LogP contribution in [0.1, 0.15) is 25.3 Å². The van der Waals surface area contributed by atoms with Crippen molar-refractivity contribution < 1.29 is 21.8 Å². The number of rotatable bonds is 7. The highest BCUT2D eigenvalue weighted by molar-refractivity contribution is 7.93. The molecule has 9 nitrogen and oxygen atoms in total. The van der Waals surface area contributed by atoms with E-state index in [1.807, 2.05) is 0 Å². The van der Waals surface area contributed by atoms with E-state index in [1.54, 1.807) is 19.1 Å². The molecule has 0 unspecified atom stereocenters. The topological polar surface area (TPSA) is 127 Å². The first-order chi connectivity index (χ1) is 13.6. The quantitative estimate of drug-likeness (QED) is 0.522. The molecule has 1 heterocycles. The first-order valence-corrected chi connectivity index (χ1v) is 12.1. The van der Waals surface area contributed by atoms with Crippen molar-refractivity contribution in [3.63, 3.8) is 0 Å². The van der Waals surface area contributed by atoms with E-state index in [9.17, 15) is 26.9 Å². The zero-order valence-corrected chi connectivity index (χ0v) is 17.4. The lowest BCUT2D eigenvalue weighted by atomic mass is 10.0. The molecule has 0 fully saturated rings. The normalized spacial score (nSPS) is 14.3. The van der Waals surface area contributed by atoms with Crippen molar-refractivity contribution in [1.29, 1.82) is 0 Å². The Morgan fingerprint density at radius 2 is 1.79 bits per heavy atom. The van der Waals surface area contributed by atoms with Crippen molar-refractivity contribution >= 4 is 37.1 Å². The van der Waals surface area contributed by atoms with Crippen molar-refractivity contribution in [3.8, 4) is 0 Å². The summed E-state index contributed by atoms with van der Waals surface area (Å²) < 4.78 is 54.0. The lowest BCUT2D eigenvalue weighted by molar-refractivity contribution is -0.384. The number of fused-ring (bicyclic) bond motifs is 1. The number of sulfonamides is 2. The molecule has 0 amide bonds. The van der Waals surface area contributed by atoms with E-state index < -0.39 is 25.0 Å². The van der Waals surface area contributed by atoms with Gasteiger partial charge < -0.3 is 0 Å². The SMILES string of the molecule is CCCS(=O)(=O)N1CCCc2cc(NS(=O)(=O)c3ccc([N+](=O)[O-])cc3)ccc21. The van der Waals surface area contributed by atoms with Crippen molar-refractivity contribution in [2.75, 3.05) is 21.3 Å². The Morgan fingerprint density at radius 3 is 2.41 bits per heavy atom. The molecule has 0 aromatic heterocycles. The second kappa shape index (κ2) is 7.99. The molecule has 0 radical (unpaired) electrons. The van der Waals surface area contributed by atoms with Crippen molar-refractivity contribution in [2.45, 2.75) is 31.1 Å². The van der Waals surface area contributed by atoms with Gasteiger partial charge in [0, 0.05) is 24.4 Å². The van der Waals surface area contributed by atoms with Gasteiger partial charge in [-0.05, 0) is 55.2 Å². The second-order valence-electron chi connectivity index (χ2n) is 6.69. The highest BCUT2D eigenvalue weighted by atomic mass is 32.2. The number of anilines is 2. The monoisotopic (exact) mass is 439 g/mol. The molecule has 0 spiro atoms. The van der Waals surface area contributed by atoms with Crippen LogP contribution >= 0.6 is 0 Å². The summed E-state index contributed by atoms with van der Waals surface area (Å²) in [6.07, 6.45) is 1.80. The first kappa shape index (κ1) is 21.1. The third kappa shape index (κ3) is 4.51. The summed E-state index contributed by atoms with van der Waals surface area (Å²) in [6.45, 7) is 2.21. The fourth-order valence-electron chi connectivity index (χ4n) is 3.24. The van der Waals surface area contributed by atoms with Gasteiger partial charge in [0.05, 0.1) is 21.3 Å². The van der Waals surface area contributed by atoms with Gasteiger partial charge in [0.15, 0.2) is 0 Å². The molecule has 29 heavy (non-hydrogen) atoms. The van der Waals surface area contributed by atoms with E-state index in [1.165, 1.54) is 10.4 Å². The molecule has 2 aromatic carbocycles. The van der Waals surface area contributed by atoms with Gasteiger partial charge in [0.2, 0.25) is 10.0 Å². The van der Waals surface area contributed by atoms with Crippen LogP contribution in [-0.4, -0.2) is 34.1 Å². The minimum absolute atomic E-state index is 0.0565. The number of benzene rings is 2. The Kier molecular flexibility index (Phi) is 5.80. The first-order valence-electron chi connectivity index (χ1n) is 9.04. The number of non-ortho nitro benzene ring substituents is 1. The maximum Gasteiger partial charge on any atom is 0.269 e. The van der Waals surface area contributed by atoms with Crippen molar-refractivity contribution in [1.82, 2.24) is 0 Å². The van der Waals surface area contributed by atoms with E-state index in [-0.39, 0.29) is 16.3 Å². The van der Waals surface area contributed by atoms with Crippen LogP contribution in [0.25, 0.3) is 0 Å². The predicted octanol–water partition coefficient (Wildman–Crippen LogP) is 2.89. The Labute approximate surface area is 169 Å². The summed E-state index contributed by atoms with van der Waals surface area (Å²) in [6, 6.07) is 9.33. The fourth-order valence-corrected chi connectivity index (χ4v) is 5.92. The van der Waals surface area contributed by atoms with E-state index in [2.05, 4.69) is 4.72 Å². The average molecular weight is 440 g/mol. The van der Waals surface area contributed by atoms with Gasteiger partial charge in [-0.1, -0.05) is 6.92 Å². The highest BCUT2D eigenvalue weighted by Crippen LogP contribution is 2.32. The molecule has 1 aliphatic heterocycles. The van der Waals surface area contributed by atoms with Gasteiger partial charge >= 0.3 is 0 Å². The van der Waals surface area contributed by atoms with Gasteiger partial charge in [-0.3, -0.25) is 19.1 Å². The van der Waals surface area contributed by atoms with Crippen LogP contribution in [-0.2, 0) is 26.5 Å². The molecule has 0 aliphatic carbocycles. The van der Waals surface area contributed by atoms with Gasteiger partial charge in [0.25, 0.3) is 15.7 Å². The van der Waals surface area contributed by atoms with E-state index in [0.29, 0.717) is 37.2 Å². The molecular formula is C18H21N3O6S2. The second-order valence-corrected chi connectivity index (χ2v) is 10.4. The Hall–Kier alpha value is -2.66. The average Bonchev–Trinajstić information content (AvgIpc) is 2.67. The van der Waals surface area contributed by atoms with Crippen LogP contribution in [0.2, 0.25) is 0 Å². The molecule has 11 heteroatoms. The van der Waals surface area contributed by atoms with Gasteiger partial charge in [0.1, 0.15) is 0 Å². The maximum absolute atomic E-state index is 12.6. The highest BCUT2D eigenvalue weighted by Gasteiger charge is 2.27. The maximum atomic E-state index is 12.6.